The lowest BCUT2D eigenvalue weighted by molar-refractivity contribution is 0.0526. The minimum absolute atomic E-state index is 0.155. The first-order valence-corrected chi connectivity index (χ1v) is 8.17. The van der Waals surface area contributed by atoms with Gasteiger partial charge in [0.15, 0.2) is 0 Å². The largest absolute Gasteiger partial charge is 0.478 e. The number of nitrogens with zero attached hydrogens (tertiary/aromatic N) is 1. The van der Waals surface area contributed by atoms with Crippen molar-refractivity contribution in [3.8, 4) is 0 Å². The van der Waals surface area contributed by atoms with Gasteiger partial charge in [-0.05, 0) is 37.6 Å². The van der Waals surface area contributed by atoms with E-state index in [1.54, 1.807) is 19.1 Å². The van der Waals surface area contributed by atoms with Crippen molar-refractivity contribution in [1.82, 2.24) is 4.98 Å². The van der Waals surface area contributed by atoms with Crippen LogP contribution >= 0.6 is 0 Å². The number of para-hydroxylation sites is 1. The molecule has 1 heterocycles. The Balaban J connectivity index is 2.16. The number of carboxylic acids is 1. The number of fused-ring (bicyclic) bond motifs is 1. The van der Waals surface area contributed by atoms with Crippen molar-refractivity contribution >= 4 is 34.2 Å². The third kappa shape index (κ3) is 3.35. The van der Waals surface area contributed by atoms with Gasteiger partial charge in [-0.25, -0.2) is 9.59 Å². The quantitative estimate of drug-likeness (QED) is 0.672. The molecule has 0 bridgehead atoms. The highest BCUT2D eigenvalue weighted by Crippen LogP contribution is 2.31. The molecule has 1 aromatic heterocycles. The normalized spacial score (nSPS) is 10.5. The number of nitrogens with one attached hydrogen (secondary N) is 1. The molecule has 0 saturated heterocycles. The number of esters is 1. The van der Waals surface area contributed by atoms with Crippen molar-refractivity contribution in [2.24, 2.45) is 0 Å². The SMILES string of the molecule is CCOC(=O)c1cnc2c(C)cccc2c1Nc1cccc(C(=O)O)c1. The van der Waals surface area contributed by atoms with Gasteiger partial charge in [0.05, 0.1) is 23.4 Å². The second kappa shape index (κ2) is 7.23. The number of carbonyl (C=O) groups is 2. The molecule has 6 nitrogen and oxygen atoms in total. The van der Waals surface area contributed by atoms with Gasteiger partial charge in [-0.15, -0.1) is 0 Å². The number of hydrogen-bond donors (Lipinski definition) is 2. The molecule has 3 rings (SSSR count). The lowest BCUT2D eigenvalue weighted by atomic mass is 10.1. The summed E-state index contributed by atoms with van der Waals surface area (Å²) in [4.78, 5) is 28.0. The van der Waals surface area contributed by atoms with Crippen molar-refractivity contribution in [3.63, 3.8) is 0 Å². The average Bonchev–Trinajstić information content (AvgIpc) is 2.63. The van der Waals surface area contributed by atoms with E-state index in [1.165, 1.54) is 18.3 Å². The number of carboxylic acid groups (broad SMARTS) is 1. The molecule has 0 atom stereocenters. The molecule has 2 aromatic carbocycles. The molecule has 0 aliphatic rings. The summed E-state index contributed by atoms with van der Waals surface area (Å²) in [5.74, 6) is -1.50. The van der Waals surface area contributed by atoms with Gasteiger partial charge >= 0.3 is 11.9 Å². The van der Waals surface area contributed by atoms with Crippen molar-refractivity contribution in [3.05, 3.63) is 65.4 Å². The third-order valence-electron chi connectivity index (χ3n) is 3.97. The fourth-order valence-corrected chi connectivity index (χ4v) is 2.74. The summed E-state index contributed by atoms with van der Waals surface area (Å²) in [6.45, 7) is 3.92. The minimum atomic E-state index is -1.02. The summed E-state index contributed by atoms with van der Waals surface area (Å²) >= 11 is 0. The van der Waals surface area contributed by atoms with Crippen LogP contribution in [0.3, 0.4) is 0 Å². The van der Waals surface area contributed by atoms with Crippen LogP contribution in [0.25, 0.3) is 10.9 Å². The van der Waals surface area contributed by atoms with Gasteiger partial charge in [0, 0.05) is 17.3 Å². The Morgan fingerprint density at radius 1 is 1.19 bits per heavy atom. The van der Waals surface area contributed by atoms with Crippen molar-refractivity contribution in [1.29, 1.82) is 0 Å². The molecule has 6 heteroatoms. The molecular formula is C20H18N2O4. The van der Waals surface area contributed by atoms with E-state index < -0.39 is 11.9 Å². The van der Waals surface area contributed by atoms with Crippen LogP contribution in [0.15, 0.2) is 48.7 Å². The fourth-order valence-electron chi connectivity index (χ4n) is 2.74. The highest BCUT2D eigenvalue weighted by molar-refractivity contribution is 6.06. The number of anilines is 2. The lowest BCUT2D eigenvalue weighted by Crippen LogP contribution is -2.09. The Morgan fingerprint density at radius 2 is 1.96 bits per heavy atom. The zero-order valence-electron chi connectivity index (χ0n) is 14.4. The maximum Gasteiger partial charge on any atom is 0.341 e. The predicted molar refractivity (Wildman–Crippen MR) is 99.1 cm³/mol. The van der Waals surface area contributed by atoms with Crippen LogP contribution in [0.5, 0.6) is 0 Å². The van der Waals surface area contributed by atoms with E-state index in [9.17, 15) is 14.7 Å². The van der Waals surface area contributed by atoms with Gasteiger partial charge in [-0.3, -0.25) is 4.98 Å². The van der Waals surface area contributed by atoms with E-state index in [1.807, 2.05) is 25.1 Å². The first-order valence-electron chi connectivity index (χ1n) is 8.17. The maximum absolute atomic E-state index is 12.4. The summed E-state index contributed by atoms with van der Waals surface area (Å²) in [5.41, 5.74) is 3.29. The molecule has 0 amide bonds. The number of aromatic nitrogens is 1. The Labute approximate surface area is 150 Å². The summed E-state index contributed by atoms with van der Waals surface area (Å²) < 4.78 is 5.13. The molecule has 0 radical (unpaired) electrons. The Morgan fingerprint density at radius 3 is 2.69 bits per heavy atom. The summed E-state index contributed by atoms with van der Waals surface area (Å²) in [5, 5.41) is 13.1. The van der Waals surface area contributed by atoms with E-state index in [0.717, 1.165) is 16.5 Å². The highest BCUT2D eigenvalue weighted by atomic mass is 16.5. The van der Waals surface area contributed by atoms with E-state index in [4.69, 9.17) is 4.74 Å². The molecule has 0 aliphatic heterocycles. The van der Waals surface area contributed by atoms with Crippen LogP contribution in [0.2, 0.25) is 0 Å². The van der Waals surface area contributed by atoms with Crippen LogP contribution < -0.4 is 5.32 Å². The summed E-state index contributed by atoms with van der Waals surface area (Å²) in [7, 11) is 0. The van der Waals surface area contributed by atoms with Crippen molar-refractivity contribution in [2.45, 2.75) is 13.8 Å². The standard InChI is InChI=1S/C20H18N2O4/c1-3-26-20(25)16-11-21-17-12(2)6-4-9-15(17)18(16)22-14-8-5-7-13(10-14)19(23)24/h4-11H,3H2,1-2H3,(H,21,22)(H,23,24). The van der Waals surface area contributed by atoms with Gasteiger partial charge in [0.2, 0.25) is 0 Å². The van der Waals surface area contributed by atoms with E-state index in [2.05, 4.69) is 10.3 Å². The van der Waals surface area contributed by atoms with Crippen LogP contribution in [0, 0.1) is 6.92 Å². The number of rotatable bonds is 5. The maximum atomic E-state index is 12.4. The smallest absolute Gasteiger partial charge is 0.341 e. The Bertz CT molecular complexity index is 998. The molecule has 0 unspecified atom stereocenters. The third-order valence-corrected chi connectivity index (χ3v) is 3.97. The first-order chi connectivity index (χ1) is 12.5. The van der Waals surface area contributed by atoms with Crippen LogP contribution in [0.1, 0.15) is 33.2 Å². The number of carbonyl (C=O) groups excluding carboxylic acids is 1. The zero-order valence-corrected chi connectivity index (χ0v) is 14.4. The molecular weight excluding hydrogens is 332 g/mol. The molecule has 26 heavy (non-hydrogen) atoms. The number of benzene rings is 2. The first kappa shape index (κ1) is 17.4. The van der Waals surface area contributed by atoms with Crippen LogP contribution in [0.4, 0.5) is 11.4 Å². The summed E-state index contributed by atoms with van der Waals surface area (Å²) in [6, 6.07) is 12.1. The number of hydrogen-bond acceptors (Lipinski definition) is 5. The Hall–Kier alpha value is -3.41. The van der Waals surface area contributed by atoms with Gasteiger partial charge in [-0.1, -0.05) is 24.3 Å². The van der Waals surface area contributed by atoms with Gasteiger partial charge in [0.25, 0.3) is 0 Å². The molecule has 2 N–H and O–H groups in total. The van der Waals surface area contributed by atoms with E-state index in [0.29, 0.717) is 16.9 Å². The van der Waals surface area contributed by atoms with Gasteiger partial charge < -0.3 is 15.2 Å². The van der Waals surface area contributed by atoms with Crippen molar-refractivity contribution in [2.75, 3.05) is 11.9 Å². The predicted octanol–water partition coefficient (Wildman–Crippen LogP) is 4.16. The van der Waals surface area contributed by atoms with E-state index >= 15 is 0 Å². The number of ether oxygens (including phenoxy) is 1. The fraction of sp³-hybridized carbons (Fsp3) is 0.150. The number of aryl methyl sites for hydroxylation is 1. The number of pyridine rings is 1. The molecule has 3 aromatic rings. The molecule has 0 spiro atoms. The monoisotopic (exact) mass is 350 g/mol. The molecule has 0 saturated carbocycles. The number of aromatic carboxylic acids is 1. The molecule has 0 fully saturated rings. The minimum Gasteiger partial charge on any atom is -0.478 e. The topological polar surface area (TPSA) is 88.5 Å². The molecule has 132 valence electrons. The van der Waals surface area contributed by atoms with Crippen LogP contribution in [-0.4, -0.2) is 28.6 Å². The Kier molecular flexibility index (Phi) is 4.84. The van der Waals surface area contributed by atoms with Crippen LogP contribution in [-0.2, 0) is 4.74 Å². The van der Waals surface area contributed by atoms with Crippen molar-refractivity contribution < 1.29 is 19.4 Å². The van der Waals surface area contributed by atoms with Gasteiger partial charge in [0.1, 0.15) is 5.56 Å². The van der Waals surface area contributed by atoms with Gasteiger partial charge in [-0.2, -0.15) is 0 Å². The lowest BCUT2D eigenvalue weighted by Gasteiger charge is -2.15. The summed E-state index contributed by atoms with van der Waals surface area (Å²) in [6.07, 6.45) is 1.48. The second-order valence-electron chi connectivity index (χ2n) is 5.75. The second-order valence-corrected chi connectivity index (χ2v) is 5.75. The molecule has 0 aliphatic carbocycles. The highest BCUT2D eigenvalue weighted by Gasteiger charge is 2.18. The zero-order chi connectivity index (χ0) is 18.7. The van der Waals surface area contributed by atoms with E-state index in [-0.39, 0.29) is 12.2 Å². The average molecular weight is 350 g/mol.